The summed E-state index contributed by atoms with van der Waals surface area (Å²) in [6.07, 6.45) is 0.337. The van der Waals surface area contributed by atoms with E-state index in [9.17, 15) is 9.50 Å². The number of aromatic nitrogens is 1. The summed E-state index contributed by atoms with van der Waals surface area (Å²) in [5, 5.41) is 13.9. The highest BCUT2D eigenvalue weighted by Crippen LogP contribution is 2.25. The summed E-state index contributed by atoms with van der Waals surface area (Å²) in [7, 11) is 0. The van der Waals surface area contributed by atoms with Gasteiger partial charge in [-0.2, -0.15) is 0 Å². The molecule has 0 aliphatic heterocycles. The van der Waals surface area contributed by atoms with Gasteiger partial charge in [-0.15, -0.1) is 0 Å². The maximum Gasteiger partial charge on any atom is 0.149 e. The molecule has 0 spiro atoms. The Balaban J connectivity index is 2.20. The van der Waals surface area contributed by atoms with Gasteiger partial charge in [0, 0.05) is 23.3 Å². The summed E-state index contributed by atoms with van der Waals surface area (Å²) in [5.74, 6) is -0.0679. The number of rotatable bonds is 5. The highest BCUT2D eigenvalue weighted by molar-refractivity contribution is 5.91. The molecule has 0 aliphatic carbocycles. The Labute approximate surface area is 118 Å². The van der Waals surface area contributed by atoms with Crippen LogP contribution in [-0.2, 0) is 0 Å². The molecule has 1 aromatic heterocycles. The minimum atomic E-state index is -0.326. The predicted molar refractivity (Wildman–Crippen MR) is 80.4 cm³/mol. The fourth-order valence-corrected chi connectivity index (χ4v) is 2.18. The number of anilines is 1. The molecule has 0 radical (unpaired) electrons. The van der Waals surface area contributed by atoms with Gasteiger partial charge in [-0.05, 0) is 31.4 Å². The Bertz CT molecular complexity index is 598. The second kappa shape index (κ2) is 6.18. The molecule has 4 heteroatoms. The molecule has 2 N–H and O–H groups in total. The monoisotopic (exact) mass is 276 g/mol. The first-order chi connectivity index (χ1) is 9.49. The third-order valence-electron chi connectivity index (χ3n) is 3.44. The van der Waals surface area contributed by atoms with Crippen molar-refractivity contribution in [3.05, 3.63) is 35.8 Å². The summed E-state index contributed by atoms with van der Waals surface area (Å²) in [6, 6.07) is 6.86. The van der Waals surface area contributed by atoms with Crippen LogP contribution >= 0.6 is 0 Å². The van der Waals surface area contributed by atoms with Gasteiger partial charge in [0.25, 0.3) is 0 Å². The van der Waals surface area contributed by atoms with Crippen LogP contribution in [0.25, 0.3) is 10.9 Å². The molecule has 20 heavy (non-hydrogen) atoms. The molecule has 108 valence electrons. The van der Waals surface area contributed by atoms with Crippen molar-refractivity contribution in [2.45, 2.75) is 33.3 Å². The fraction of sp³-hybridized carbons (Fsp3) is 0.438. The van der Waals surface area contributed by atoms with Gasteiger partial charge in [-0.25, -0.2) is 9.37 Å². The van der Waals surface area contributed by atoms with E-state index in [2.05, 4.69) is 10.3 Å². The largest absolute Gasteiger partial charge is 0.393 e. The number of fused-ring (bicyclic) bond motifs is 1. The van der Waals surface area contributed by atoms with Crippen LogP contribution in [0.3, 0.4) is 0 Å². The number of pyridine rings is 1. The van der Waals surface area contributed by atoms with Crippen molar-refractivity contribution < 1.29 is 9.50 Å². The van der Waals surface area contributed by atoms with E-state index in [1.807, 2.05) is 32.9 Å². The maximum atomic E-state index is 13.8. The minimum absolute atomic E-state index is 0.241. The van der Waals surface area contributed by atoms with Crippen molar-refractivity contribution in [2.24, 2.45) is 5.92 Å². The molecular formula is C16H21FN2O. The number of aliphatic hydroxyl groups is 1. The van der Waals surface area contributed by atoms with Gasteiger partial charge < -0.3 is 10.4 Å². The van der Waals surface area contributed by atoms with E-state index >= 15 is 0 Å². The molecule has 2 rings (SSSR count). The number of hydrogen-bond donors (Lipinski definition) is 2. The summed E-state index contributed by atoms with van der Waals surface area (Å²) in [5.41, 5.74) is 2.02. The third kappa shape index (κ3) is 3.25. The van der Waals surface area contributed by atoms with Crippen molar-refractivity contribution >= 4 is 16.6 Å². The number of halogens is 1. The first-order valence-electron chi connectivity index (χ1n) is 6.97. The molecular weight excluding hydrogens is 255 g/mol. The van der Waals surface area contributed by atoms with Crippen LogP contribution in [0.15, 0.2) is 24.3 Å². The topological polar surface area (TPSA) is 45.1 Å². The van der Waals surface area contributed by atoms with Crippen LogP contribution in [0.5, 0.6) is 0 Å². The summed E-state index contributed by atoms with van der Waals surface area (Å²) in [6.45, 7) is 6.48. The molecule has 2 aromatic rings. The second-order valence-electron chi connectivity index (χ2n) is 5.47. The van der Waals surface area contributed by atoms with Crippen molar-refractivity contribution in [3.63, 3.8) is 0 Å². The van der Waals surface area contributed by atoms with Gasteiger partial charge in [-0.3, -0.25) is 0 Å². The molecule has 0 saturated carbocycles. The van der Waals surface area contributed by atoms with Crippen LogP contribution in [0.2, 0.25) is 0 Å². The number of nitrogens with one attached hydrogen (secondary N) is 1. The molecule has 0 bridgehead atoms. The summed E-state index contributed by atoms with van der Waals surface area (Å²) < 4.78 is 13.8. The number of nitrogens with zero attached hydrogens (tertiary/aromatic N) is 1. The number of aliphatic hydroxyl groups excluding tert-OH is 1. The van der Waals surface area contributed by atoms with Crippen LogP contribution in [0, 0.1) is 18.7 Å². The lowest BCUT2D eigenvalue weighted by Gasteiger charge is -2.16. The zero-order chi connectivity index (χ0) is 14.7. The van der Waals surface area contributed by atoms with Gasteiger partial charge in [0.05, 0.1) is 6.10 Å². The van der Waals surface area contributed by atoms with Crippen molar-refractivity contribution in [1.82, 2.24) is 4.98 Å². The first-order valence-corrected chi connectivity index (χ1v) is 6.97. The second-order valence-corrected chi connectivity index (χ2v) is 5.47. The quantitative estimate of drug-likeness (QED) is 0.878. The number of hydrogen-bond acceptors (Lipinski definition) is 3. The maximum absolute atomic E-state index is 13.8. The van der Waals surface area contributed by atoms with Crippen molar-refractivity contribution in [1.29, 1.82) is 0 Å². The Morgan fingerprint density at radius 1 is 1.35 bits per heavy atom. The number of benzene rings is 1. The minimum Gasteiger partial charge on any atom is -0.393 e. The van der Waals surface area contributed by atoms with E-state index in [0.717, 1.165) is 16.8 Å². The van der Waals surface area contributed by atoms with E-state index in [-0.39, 0.29) is 17.8 Å². The van der Waals surface area contributed by atoms with Gasteiger partial charge in [0.2, 0.25) is 0 Å². The summed E-state index contributed by atoms with van der Waals surface area (Å²) >= 11 is 0. The van der Waals surface area contributed by atoms with Crippen LogP contribution < -0.4 is 5.32 Å². The lowest BCUT2D eigenvalue weighted by Crippen LogP contribution is -2.19. The van der Waals surface area contributed by atoms with Gasteiger partial charge in [0.15, 0.2) is 0 Å². The zero-order valence-corrected chi connectivity index (χ0v) is 12.2. The standard InChI is InChI=1S/C16H21FN2O/c1-10(2)15(20)7-8-18-14-9-11(3)19-16-12(14)5-4-6-13(16)17/h4-6,9-10,15,20H,7-8H2,1-3H3,(H,18,19). The van der Waals surface area contributed by atoms with E-state index in [1.54, 1.807) is 6.07 Å². The van der Waals surface area contributed by atoms with E-state index in [0.29, 0.717) is 18.5 Å². The third-order valence-corrected chi connectivity index (χ3v) is 3.44. The molecule has 3 nitrogen and oxygen atoms in total. The molecule has 1 unspecified atom stereocenters. The lowest BCUT2D eigenvalue weighted by atomic mass is 10.0. The van der Waals surface area contributed by atoms with Crippen LogP contribution in [0.4, 0.5) is 10.1 Å². The average Bonchev–Trinajstić information content (AvgIpc) is 2.39. The Morgan fingerprint density at radius 3 is 2.80 bits per heavy atom. The highest BCUT2D eigenvalue weighted by Gasteiger charge is 2.10. The van der Waals surface area contributed by atoms with Crippen LogP contribution in [0.1, 0.15) is 26.0 Å². The fourth-order valence-electron chi connectivity index (χ4n) is 2.18. The normalized spacial score (nSPS) is 12.9. The first kappa shape index (κ1) is 14.7. The summed E-state index contributed by atoms with van der Waals surface area (Å²) in [4.78, 5) is 4.24. The molecule has 1 atom stereocenters. The molecule has 0 saturated heterocycles. The Hall–Kier alpha value is -1.68. The zero-order valence-electron chi connectivity index (χ0n) is 12.2. The van der Waals surface area contributed by atoms with Crippen molar-refractivity contribution in [3.8, 4) is 0 Å². The van der Waals surface area contributed by atoms with Crippen LogP contribution in [-0.4, -0.2) is 22.7 Å². The van der Waals surface area contributed by atoms with Gasteiger partial charge in [0.1, 0.15) is 11.3 Å². The molecule has 0 amide bonds. The smallest absolute Gasteiger partial charge is 0.149 e. The highest BCUT2D eigenvalue weighted by atomic mass is 19.1. The number of aryl methyl sites for hydroxylation is 1. The lowest BCUT2D eigenvalue weighted by molar-refractivity contribution is 0.120. The number of para-hydroxylation sites is 1. The SMILES string of the molecule is Cc1cc(NCCC(O)C(C)C)c2cccc(F)c2n1. The van der Waals surface area contributed by atoms with E-state index in [4.69, 9.17) is 0 Å². The van der Waals surface area contributed by atoms with Gasteiger partial charge in [-0.1, -0.05) is 26.0 Å². The molecule has 0 aliphatic rings. The average molecular weight is 276 g/mol. The van der Waals surface area contributed by atoms with E-state index in [1.165, 1.54) is 6.07 Å². The van der Waals surface area contributed by atoms with E-state index < -0.39 is 0 Å². The Morgan fingerprint density at radius 2 is 2.10 bits per heavy atom. The van der Waals surface area contributed by atoms with Crippen molar-refractivity contribution in [2.75, 3.05) is 11.9 Å². The van der Waals surface area contributed by atoms with Gasteiger partial charge >= 0.3 is 0 Å². The Kier molecular flexibility index (Phi) is 4.55. The predicted octanol–water partition coefficient (Wildman–Crippen LogP) is 3.50. The molecule has 0 fully saturated rings. The molecule has 1 heterocycles. The molecule has 1 aromatic carbocycles.